The summed E-state index contributed by atoms with van der Waals surface area (Å²) in [5, 5.41) is 12.2. The molecule has 8 heteroatoms. The van der Waals surface area contributed by atoms with Crippen molar-refractivity contribution in [1.29, 1.82) is 0 Å². The van der Waals surface area contributed by atoms with Crippen molar-refractivity contribution >= 4 is 17.8 Å². The summed E-state index contributed by atoms with van der Waals surface area (Å²) >= 11 is 0. The monoisotopic (exact) mass is 369 g/mol. The summed E-state index contributed by atoms with van der Waals surface area (Å²) in [6.45, 7) is 1.75. The molecule has 142 valence electrons. The molecule has 0 radical (unpaired) electrons. The van der Waals surface area contributed by atoms with Gasteiger partial charge in [-0.25, -0.2) is 9.97 Å². The van der Waals surface area contributed by atoms with Gasteiger partial charge in [0.15, 0.2) is 0 Å². The van der Waals surface area contributed by atoms with E-state index in [4.69, 9.17) is 0 Å². The van der Waals surface area contributed by atoms with E-state index in [1.165, 1.54) is 0 Å². The molecule has 2 N–H and O–H groups in total. The second-order valence-corrected chi connectivity index (χ2v) is 6.33. The predicted molar refractivity (Wildman–Crippen MR) is 100.0 cm³/mol. The lowest BCUT2D eigenvalue weighted by Crippen LogP contribution is -2.56. The second kappa shape index (κ2) is 9.09. The number of nitrogens with zero attached hydrogens (tertiary/aromatic N) is 4. The zero-order valence-electron chi connectivity index (χ0n) is 15.0. The Labute approximate surface area is 157 Å². The van der Waals surface area contributed by atoms with Crippen molar-refractivity contribution < 1.29 is 14.7 Å². The van der Waals surface area contributed by atoms with Crippen LogP contribution < -0.4 is 10.2 Å². The van der Waals surface area contributed by atoms with Crippen molar-refractivity contribution in [2.45, 2.75) is 12.5 Å². The molecule has 1 saturated heterocycles. The summed E-state index contributed by atoms with van der Waals surface area (Å²) in [6.07, 6.45) is 3.54. The zero-order chi connectivity index (χ0) is 19.1. The summed E-state index contributed by atoms with van der Waals surface area (Å²) in [5.41, 5.74) is 0.857. The van der Waals surface area contributed by atoms with Gasteiger partial charge in [0, 0.05) is 38.6 Å². The lowest BCUT2D eigenvalue weighted by Gasteiger charge is -2.36. The number of carbonyl (C=O) groups excluding carboxylic acids is 2. The van der Waals surface area contributed by atoms with Crippen LogP contribution in [-0.2, 0) is 16.0 Å². The van der Waals surface area contributed by atoms with Crippen molar-refractivity contribution in [2.24, 2.45) is 0 Å². The van der Waals surface area contributed by atoms with Gasteiger partial charge in [-0.05, 0) is 11.6 Å². The van der Waals surface area contributed by atoms with Crippen LogP contribution in [0.4, 0.5) is 5.95 Å². The average Bonchev–Trinajstić information content (AvgIpc) is 2.73. The first kappa shape index (κ1) is 18.8. The van der Waals surface area contributed by atoms with Crippen molar-refractivity contribution in [3.8, 4) is 0 Å². The van der Waals surface area contributed by atoms with Gasteiger partial charge in [-0.3, -0.25) is 9.59 Å². The molecule has 1 aromatic carbocycles. The summed E-state index contributed by atoms with van der Waals surface area (Å²) in [7, 11) is 0. The molecule has 3 rings (SSSR count). The van der Waals surface area contributed by atoms with Crippen molar-refractivity contribution in [1.82, 2.24) is 20.2 Å². The minimum absolute atomic E-state index is 0.170. The Kier molecular flexibility index (Phi) is 6.32. The third-order valence-electron chi connectivity index (χ3n) is 4.45. The lowest BCUT2D eigenvalue weighted by molar-refractivity contribution is -0.137. The molecule has 1 atom stereocenters. The number of anilines is 1. The maximum absolute atomic E-state index is 12.7. The zero-order valence-corrected chi connectivity index (χ0v) is 15.0. The highest BCUT2D eigenvalue weighted by Gasteiger charge is 2.28. The van der Waals surface area contributed by atoms with Crippen molar-refractivity contribution in [3.05, 3.63) is 54.4 Å². The predicted octanol–water partition coefficient (Wildman–Crippen LogP) is -0.155. The lowest BCUT2D eigenvalue weighted by atomic mass is 10.1. The summed E-state index contributed by atoms with van der Waals surface area (Å²) < 4.78 is 0. The molecule has 0 unspecified atom stereocenters. The number of aliphatic hydroxyl groups excluding tert-OH is 1. The van der Waals surface area contributed by atoms with Crippen LogP contribution in [0.5, 0.6) is 0 Å². The maximum atomic E-state index is 12.7. The van der Waals surface area contributed by atoms with Gasteiger partial charge in [0.2, 0.25) is 17.8 Å². The fourth-order valence-electron chi connectivity index (χ4n) is 3.01. The first-order valence-electron chi connectivity index (χ1n) is 8.92. The fraction of sp³-hybridized carbons (Fsp3) is 0.368. The molecular formula is C19H23N5O3. The van der Waals surface area contributed by atoms with Gasteiger partial charge in [0.25, 0.3) is 0 Å². The van der Waals surface area contributed by atoms with Gasteiger partial charge in [0.05, 0.1) is 13.0 Å². The number of hydrogen-bond acceptors (Lipinski definition) is 6. The highest BCUT2D eigenvalue weighted by Crippen LogP contribution is 2.10. The SMILES string of the molecule is O=C(Cc1ccccc1)N[C@@H](CO)C(=O)N1CCN(c2ncccn2)CC1. The third kappa shape index (κ3) is 5.01. The molecule has 8 nitrogen and oxygen atoms in total. The van der Waals surface area contributed by atoms with E-state index in [2.05, 4.69) is 15.3 Å². The molecule has 0 spiro atoms. The van der Waals surface area contributed by atoms with Crippen molar-refractivity contribution in [3.63, 3.8) is 0 Å². The van der Waals surface area contributed by atoms with Crippen LogP contribution in [0.15, 0.2) is 48.8 Å². The quantitative estimate of drug-likeness (QED) is 0.735. The molecule has 1 aromatic heterocycles. The number of nitrogens with one attached hydrogen (secondary N) is 1. The summed E-state index contributed by atoms with van der Waals surface area (Å²) in [4.78, 5) is 36.9. The first-order valence-corrected chi connectivity index (χ1v) is 8.92. The molecule has 0 aliphatic carbocycles. The first-order chi connectivity index (χ1) is 13.2. The molecule has 2 amide bonds. The number of aliphatic hydroxyl groups is 1. The normalized spacial score (nSPS) is 15.3. The number of piperazine rings is 1. The molecule has 0 bridgehead atoms. The number of carbonyl (C=O) groups is 2. The Morgan fingerprint density at radius 2 is 1.70 bits per heavy atom. The van der Waals surface area contributed by atoms with E-state index in [1.54, 1.807) is 23.4 Å². The van der Waals surface area contributed by atoms with Crippen LogP contribution in [0, 0.1) is 0 Å². The second-order valence-electron chi connectivity index (χ2n) is 6.33. The number of benzene rings is 1. The number of amides is 2. The minimum atomic E-state index is -0.930. The Morgan fingerprint density at radius 1 is 1.04 bits per heavy atom. The maximum Gasteiger partial charge on any atom is 0.247 e. The molecule has 1 fully saturated rings. The number of rotatable bonds is 6. The van der Waals surface area contributed by atoms with Crippen LogP contribution in [-0.4, -0.2) is 70.6 Å². The summed E-state index contributed by atoms with van der Waals surface area (Å²) in [6, 6.07) is 10.1. The smallest absolute Gasteiger partial charge is 0.247 e. The Hall–Kier alpha value is -3.00. The standard InChI is InChI=1S/C19H23N5O3/c25-14-16(22-17(26)13-15-5-2-1-3-6-15)18(27)23-9-11-24(12-10-23)19-20-7-4-8-21-19/h1-8,16,25H,9-14H2,(H,22,26)/t16-/m0/s1. The van der Waals surface area contributed by atoms with E-state index in [-0.39, 0.29) is 18.2 Å². The molecular weight excluding hydrogens is 346 g/mol. The fourth-order valence-corrected chi connectivity index (χ4v) is 3.01. The van der Waals surface area contributed by atoms with E-state index >= 15 is 0 Å². The van der Waals surface area contributed by atoms with E-state index in [9.17, 15) is 14.7 Å². The molecule has 1 aliphatic rings. The van der Waals surface area contributed by atoms with Gasteiger partial charge >= 0.3 is 0 Å². The van der Waals surface area contributed by atoms with Crippen LogP contribution in [0.25, 0.3) is 0 Å². The van der Waals surface area contributed by atoms with Gasteiger partial charge in [-0.15, -0.1) is 0 Å². The minimum Gasteiger partial charge on any atom is -0.394 e. The third-order valence-corrected chi connectivity index (χ3v) is 4.45. The van der Waals surface area contributed by atoms with E-state index in [0.717, 1.165) is 5.56 Å². The van der Waals surface area contributed by atoms with Gasteiger partial charge in [-0.2, -0.15) is 0 Å². The highest BCUT2D eigenvalue weighted by molar-refractivity contribution is 5.88. The molecule has 2 heterocycles. The van der Waals surface area contributed by atoms with E-state index in [0.29, 0.717) is 32.1 Å². The van der Waals surface area contributed by atoms with Gasteiger partial charge in [-0.1, -0.05) is 30.3 Å². The van der Waals surface area contributed by atoms with Crippen LogP contribution in [0.1, 0.15) is 5.56 Å². The summed E-state index contributed by atoms with van der Waals surface area (Å²) in [5.74, 6) is 0.0805. The van der Waals surface area contributed by atoms with E-state index < -0.39 is 12.6 Å². The molecule has 27 heavy (non-hydrogen) atoms. The Morgan fingerprint density at radius 3 is 2.33 bits per heavy atom. The largest absolute Gasteiger partial charge is 0.394 e. The molecule has 1 aliphatic heterocycles. The highest BCUT2D eigenvalue weighted by atomic mass is 16.3. The average molecular weight is 369 g/mol. The Bertz CT molecular complexity index is 748. The Balaban J connectivity index is 1.52. The van der Waals surface area contributed by atoms with Gasteiger partial charge < -0.3 is 20.2 Å². The van der Waals surface area contributed by atoms with Gasteiger partial charge in [0.1, 0.15) is 6.04 Å². The number of aromatic nitrogens is 2. The topological polar surface area (TPSA) is 98.7 Å². The molecule has 2 aromatic rings. The molecule has 0 saturated carbocycles. The van der Waals surface area contributed by atoms with E-state index in [1.807, 2.05) is 35.2 Å². The van der Waals surface area contributed by atoms with Crippen molar-refractivity contribution in [2.75, 3.05) is 37.7 Å². The van der Waals surface area contributed by atoms with Crippen LogP contribution >= 0.6 is 0 Å². The van der Waals surface area contributed by atoms with Crippen LogP contribution in [0.2, 0.25) is 0 Å². The number of hydrogen-bond donors (Lipinski definition) is 2. The van der Waals surface area contributed by atoms with Crippen LogP contribution in [0.3, 0.4) is 0 Å².